The van der Waals surface area contributed by atoms with Crippen LogP contribution in [0.3, 0.4) is 0 Å². The lowest BCUT2D eigenvalue weighted by Gasteiger charge is -2.67. The molecule has 2 unspecified atom stereocenters. The van der Waals surface area contributed by atoms with Crippen molar-refractivity contribution in [1.29, 1.82) is 0 Å². The lowest BCUT2D eigenvalue weighted by Crippen LogP contribution is -2.80. The van der Waals surface area contributed by atoms with E-state index >= 15 is 9.59 Å². The lowest BCUT2D eigenvalue weighted by atomic mass is 9.43. The molecular weight excluding hydrogens is 1090 g/mol. The third-order valence-corrected chi connectivity index (χ3v) is 18.7. The van der Waals surface area contributed by atoms with Gasteiger partial charge in [0.25, 0.3) is 5.91 Å². The quantitative estimate of drug-likeness (QED) is 0.0279. The highest BCUT2D eigenvalue weighted by Gasteiger charge is 2.76. The van der Waals surface area contributed by atoms with Gasteiger partial charge >= 0.3 is 24.1 Å². The standard InChI is InChI=1S/C68H89NO16/c1-8-9-10-11-12-13-14-15-16-17-18-19-20-21-31-38-53-78-41-50(82-53)42-79-64(75)84-57(55(47-32-25-22-26-33-47)69-61(72)48-34-27-23-28-35-48)63(74)83-51-40-68(77)60(85-62(73)49-36-29-24-30-37-49)58-66(7,44(2)39-52-67(58,76)43-80-52)59(71)56(81-46(4)70)54(45(51)3)65(68,5)6/h15-16,22-30,32-37,44,50-53,55-58,60,76-77H,8-14,17-21,31,38-43H2,1-7H3,(H,69,72)/b16-15-/t44-,50+,51-,52+,53?,55-,56+,57+,58?,60-,66+,67-,68+/m0/s1. The van der Waals surface area contributed by atoms with Gasteiger partial charge in [-0.1, -0.05) is 165 Å². The Bertz CT molecular complexity index is 2820. The van der Waals surface area contributed by atoms with E-state index in [1.54, 1.807) is 107 Å². The second-order valence-electron chi connectivity index (χ2n) is 24.7. The summed E-state index contributed by atoms with van der Waals surface area (Å²) in [6.07, 6.45) is 10.2. The van der Waals surface area contributed by atoms with Crippen molar-refractivity contribution in [2.45, 2.75) is 211 Å². The van der Waals surface area contributed by atoms with E-state index in [0.29, 0.717) is 12.0 Å². The Balaban J connectivity index is 1.04. The highest BCUT2D eigenvalue weighted by molar-refractivity contribution is 5.96. The number of rotatable bonds is 27. The summed E-state index contributed by atoms with van der Waals surface area (Å²) in [4.78, 5) is 87.2. The Morgan fingerprint density at radius 2 is 1.36 bits per heavy atom. The number of aliphatic hydroxyl groups is 2. The van der Waals surface area contributed by atoms with Crippen molar-refractivity contribution < 1.29 is 76.9 Å². The number of Topliss-reactive ketones (excluding diaryl/α,β-unsaturated/α-hetero) is 1. The molecule has 3 N–H and O–H groups in total. The van der Waals surface area contributed by atoms with Crippen molar-refractivity contribution in [3.63, 3.8) is 0 Å². The number of fused-ring (bicyclic) bond motifs is 5. The van der Waals surface area contributed by atoms with E-state index in [-0.39, 0.29) is 48.5 Å². The van der Waals surface area contributed by atoms with Gasteiger partial charge in [0.15, 0.2) is 18.2 Å². The van der Waals surface area contributed by atoms with Crippen LogP contribution in [0.1, 0.15) is 184 Å². The van der Waals surface area contributed by atoms with Crippen molar-refractivity contribution in [3.05, 3.63) is 131 Å². The maximum Gasteiger partial charge on any atom is 0.509 e. The van der Waals surface area contributed by atoms with E-state index in [1.165, 1.54) is 50.7 Å². The molecule has 0 spiro atoms. The molecule has 85 heavy (non-hydrogen) atoms. The first-order valence-electron chi connectivity index (χ1n) is 30.9. The van der Waals surface area contributed by atoms with Gasteiger partial charge in [-0.3, -0.25) is 14.4 Å². The van der Waals surface area contributed by atoms with Crippen LogP contribution >= 0.6 is 0 Å². The van der Waals surface area contributed by atoms with Gasteiger partial charge in [-0.2, -0.15) is 0 Å². The Kier molecular flexibility index (Phi) is 22.1. The molecule has 1 amide bonds. The average molecular weight is 1180 g/mol. The predicted octanol–water partition coefficient (Wildman–Crippen LogP) is 11.4. The smallest absolute Gasteiger partial charge is 0.455 e. The number of unbranched alkanes of at least 4 members (excludes halogenated alkanes) is 11. The number of ether oxygens (including phenoxy) is 8. The largest absolute Gasteiger partial charge is 0.509 e. The summed E-state index contributed by atoms with van der Waals surface area (Å²) in [6.45, 7) is 11.3. The minimum atomic E-state index is -2.34. The third-order valence-electron chi connectivity index (χ3n) is 18.7. The van der Waals surface area contributed by atoms with Crippen LogP contribution in [0.25, 0.3) is 0 Å². The summed E-state index contributed by atoms with van der Waals surface area (Å²) in [5.41, 5.74) is -6.47. The molecule has 3 aromatic rings. The molecule has 3 aromatic carbocycles. The third kappa shape index (κ3) is 14.6. The van der Waals surface area contributed by atoms with Crippen molar-refractivity contribution in [1.82, 2.24) is 5.32 Å². The van der Waals surface area contributed by atoms with E-state index in [4.69, 9.17) is 37.9 Å². The minimum absolute atomic E-state index is 0.0778. The Labute approximate surface area is 500 Å². The summed E-state index contributed by atoms with van der Waals surface area (Å²) in [5.74, 6) is -6.11. The molecule has 2 bridgehead atoms. The molecule has 2 saturated carbocycles. The molecule has 0 radical (unpaired) electrons. The van der Waals surface area contributed by atoms with Crippen molar-refractivity contribution in [2.24, 2.45) is 22.7 Å². The number of amides is 1. The molecule has 3 aliphatic carbocycles. The zero-order valence-corrected chi connectivity index (χ0v) is 50.6. The Morgan fingerprint density at radius 3 is 1.98 bits per heavy atom. The van der Waals surface area contributed by atoms with Crippen molar-refractivity contribution in [2.75, 3.05) is 19.8 Å². The van der Waals surface area contributed by atoms with Crippen LogP contribution in [-0.4, -0.2) is 120 Å². The van der Waals surface area contributed by atoms with Gasteiger partial charge in [0.05, 0.1) is 24.9 Å². The number of carbonyl (C=O) groups is 6. The van der Waals surface area contributed by atoms with Crippen LogP contribution in [0, 0.1) is 22.7 Å². The second-order valence-corrected chi connectivity index (χ2v) is 24.7. The monoisotopic (exact) mass is 1180 g/mol. The molecule has 0 aromatic heterocycles. The summed E-state index contributed by atoms with van der Waals surface area (Å²) >= 11 is 0. The topological polar surface area (TPSA) is 229 Å². The van der Waals surface area contributed by atoms with Gasteiger partial charge in [-0.25, -0.2) is 14.4 Å². The molecule has 462 valence electrons. The number of hydrogen-bond acceptors (Lipinski definition) is 16. The number of benzene rings is 3. The zero-order chi connectivity index (χ0) is 60.9. The van der Waals surface area contributed by atoms with E-state index < -0.39 is 125 Å². The Morgan fingerprint density at radius 1 is 0.765 bits per heavy atom. The maximum atomic E-state index is 15.8. The normalized spacial score (nSPS) is 29.2. The molecule has 13 atom stereocenters. The minimum Gasteiger partial charge on any atom is -0.455 e. The lowest BCUT2D eigenvalue weighted by molar-refractivity contribution is -0.337. The van der Waals surface area contributed by atoms with E-state index in [2.05, 4.69) is 24.4 Å². The van der Waals surface area contributed by atoms with Crippen LogP contribution in [0.4, 0.5) is 4.79 Å². The van der Waals surface area contributed by atoms with Crippen LogP contribution in [0.15, 0.2) is 114 Å². The first-order chi connectivity index (χ1) is 40.7. The number of hydrogen-bond donors (Lipinski definition) is 3. The fourth-order valence-corrected chi connectivity index (χ4v) is 13.6. The van der Waals surface area contributed by atoms with Gasteiger partial charge < -0.3 is 53.4 Å². The summed E-state index contributed by atoms with van der Waals surface area (Å²) in [7, 11) is 0. The van der Waals surface area contributed by atoms with Gasteiger partial charge in [-0.05, 0) is 98.8 Å². The van der Waals surface area contributed by atoms with E-state index in [1.807, 2.05) is 6.92 Å². The fraction of sp³-hybridized carbons (Fsp3) is 0.588. The van der Waals surface area contributed by atoms with Gasteiger partial charge in [0.1, 0.15) is 42.2 Å². The Hall–Kier alpha value is -6.24. The average Bonchev–Trinajstić information content (AvgIpc) is 0.862. The molecule has 2 heterocycles. The first kappa shape index (κ1) is 64.8. The van der Waals surface area contributed by atoms with Crippen molar-refractivity contribution in [3.8, 4) is 0 Å². The molecule has 4 fully saturated rings. The van der Waals surface area contributed by atoms with E-state index in [9.17, 15) is 29.4 Å². The number of nitrogens with one attached hydrogen (secondary N) is 1. The summed E-state index contributed by atoms with van der Waals surface area (Å²) in [6, 6.07) is 23.2. The highest BCUT2D eigenvalue weighted by atomic mass is 16.8. The fourth-order valence-electron chi connectivity index (χ4n) is 13.6. The number of allylic oxidation sites excluding steroid dienone is 2. The van der Waals surface area contributed by atoms with Crippen molar-refractivity contribution >= 4 is 35.8 Å². The van der Waals surface area contributed by atoms with Crippen LogP contribution in [0.2, 0.25) is 0 Å². The highest BCUT2D eigenvalue weighted by Crippen LogP contribution is 2.65. The second kappa shape index (κ2) is 29.0. The van der Waals surface area contributed by atoms with Crippen LogP contribution in [0.5, 0.6) is 0 Å². The summed E-state index contributed by atoms with van der Waals surface area (Å²) in [5, 5.41) is 29.7. The zero-order valence-electron chi connectivity index (χ0n) is 50.6. The SMILES string of the molecule is CCCCCCCC/C=C\CCCCCCCC1OC[C@H](COC(=O)O[C@@H](C(=O)O[C@H]2C[C@@]3(O)[C@@H](OC(=O)c4ccccc4)C4[C@]5(O)CO[C@@H]5C[C@H](C)[C@@]4(C)C(=O)[C@H](OC(C)=O)C(=C2C)C3(C)C)[C@@H](NC(=O)c2ccccc2)c2ccccc2)O1. The molecule has 5 aliphatic rings. The maximum absolute atomic E-state index is 15.8. The number of esters is 3. The van der Waals surface area contributed by atoms with Crippen LogP contribution < -0.4 is 5.32 Å². The summed E-state index contributed by atoms with van der Waals surface area (Å²) < 4.78 is 48.6. The number of ketones is 1. The van der Waals surface area contributed by atoms with E-state index in [0.717, 1.165) is 51.9 Å². The molecule has 2 saturated heterocycles. The molecule has 17 heteroatoms. The molecule has 8 rings (SSSR count). The number of carbonyl (C=O) groups excluding carboxylic acids is 6. The molecule has 17 nitrogen and oxygen atoms in total. The predicted molar refractivity (Wildman–Crippen MR) is 316 cm³/mol. The van der Waals surface area contributed by atoms with Crippen LogP contribution in [-0.2, 0) is 52.3 Å². The van der Waals surface area contributed by atoms with Gasteiger partial charge in [-0.15, -0.1) is 0 Å². The first-order valence-corrected chi connectivity index (χ1v) is 30.9. The van der Waals surface area contributed by atoms with Gasteiger partial charge in [0.2, 0.25) is 6.10 Å². The molecule has 2 aliphatic heterocycles. The van der Waals surface area contributed by atoms with Gasteiger partial charge in [0, 0.05) is 35.7 Å². The molecular formula is C68H89NO16.